The number of anilines is 1. The van der Waals surface area contributed by atoms with E-state index in [0.29, 0.717) is 17.8 Å². The molecule has 2 N–H and O–H groups in total. The molecule has 8 nitrogen and oxygen atoms in total. The summed E-state index contributed by atoms with van der Waals surface area (Å²) in [5.41, 5.74) is 4.19. The number of urea groups is 1. The Morgan fingerprint density at radius 3 is 2.40 bits per heavy atom. The first-order valence-electron chi connectivity index (χ1n) is 12.2. The number of amides is 2. The van der Waals surface area contributed by atoms with Crippen LogP contribution in [-0.4, -0.2) is 63.3 Å². The molecule has 0 saturated carbocycles. The smallest absolute Gasteiger partial charge is 0.338 e. The third kappa shape index (κ3) is 5.59. The number of ether oxygens (including phenoxy) is 2. The van der Waals surface area contributed by atoms with Gasteiger partial charge < -0.3 is 25.0 Å². The number of aryl methyl sites for hydroxylation is 1. The first-order chi connectivity index (χ1) is 17.0. The molecular formula is C27H34N4O4. The molecule has 1 atom stereocenters. The van der Waals surface area contributed by atoms with E-state index in [-0.39, 0.29) is 12.6 Å². The lowest BCUT2D eigenvalue weighted by molar-refractivity contribution is -0.139. The number of benzene rings is 2. The van der Waals surface area contributed by atoms with Crippen LogP contribution in [0.5, 0.6) is 5.75 Å². The van der Waals surface area contributed by atoms with Gasteiger partial charge >= 0.3 is 12.0 Å². The normalized spacial score (nSPS) is 18.7. The zero-order valence-electron chi connectivity index (χ0n) is 20.7. The molecule has 2 amide bonds. The largest absolute Gasteiger partial charge is 0.495 e. The van der Waals surface area contributed by atoms with Gasteiger partial charge in [0.15, 0.2) is 0 Å². The van der Waals surface area contributed by atoms with Crippen molar-refractivity contribution in [3.63, 3.8) is 0 Å². The Kier molecular flexibility index (Phi) is 7.92. The van der Waals surface area contributed by atoms with Gasteiger partial charge in [-0.3, -0.25) is 4.90 Å². The summed E-state index contributed by atoms with van der Waals surface area (Å²) >= 11 is 0. The maximum atomic E-state index is 13.1. The van der Waals surface area contributed by atoms with Crippen LogP contribution >= 0.6 is 0 Å². The van der Waals surface area contributed by atoms with Gasteiger partial charge in [0.1, 0.15) is 5.75 Å². The zero-order chi connectivity index (χ0) is 24.8. The highest BCUT2D eigenvalue weighted by Gasteiger charge is 2.34. The zero-order valence-corrected chi connectivity index (χ0v) is 20.7. The van der Waals surface area contributed by atoms with E-state index < -0.39 is 12.0 Å². The summed E-state index contributed by atoms with van der Waals surface area (Å²) < 4.78 is 10.9. The van der Waals surface area contributed by atoms with Gasteiger partial charge in [0.05, 0.1) is 31.0 Å². The highest BCUT2D eigenvalue weighted by molar-refractivity contribution is 5.95. The average Bonchev–Trinajstić information content (AvgIpc) is 2.89. The van der Waals surface area contributed by atoms with Crippen LogP contribution in [0, 0.1) is 0 Å². The number of esters is 1. The van der Waals surface area contributed by atoms with Crippen molar-refractivity contribution in [2.75, 3.05) is 51.3 Å². The van der Waals surface area contributed by atoms with Crippen LogP contribution in [0.4, 0.5) is 10.5 Å². The first kappa shape index (κ1) is 24.6. The highest BCUT2D eigenvalue weighted by atomic mass is 16.5. The predicted molar refractivity (Wildman–Crippen MR) is 136 cm³/mol. The second-order valence-electron chi connectivity index (χ2n) is 8.67. The lowest BCUT2D eigenvalue weighted by atomic mass is 9.94. The minimum atomic E-state index is -0.557. The maximum absolute atomic E-state index is 13.1. The van der Waals surface area contributed by atoms with E-state index in [1.54, 1.807) is 14.0 Å². The monoisotopic (exact) mass is 478 g/mol. The van der Waals surface area contributed by atoms with Crippen LogP contribution in [0.15, 0.2) is 59.8 Å². The molecule has 1 fully saturated rings. The Labute approximate surface area is 206 Å². The van der Waals surface area contributed by atoms with E-state index in [9.17, 15) is 9.59 Å². The second kappa shape index (κ2) is 11.3. The Hall–Kier alpha value is -3.52. The van der Waals surface area contributed by atoms with Crippen molar-refractivity contribution in [1.29, 1.82) is 0 Å². The molecule has 2 aromatic carbocycles. The van der Waals surface area contributed by atoms with Crippen molar-refractivity contribution < 1.29 is 19.1 Å². The van der Waals surface area contributed by atoms with Gasteiger partial charge in [-0.2, -0.15) is 0 Å². The number of methoxy groups -OCH3 is 1. The fourth-order valence-corrected chi connectivity index (χ4v) is 4.65. The molecule has 35 heavy (non-hydrogen) atoms. The minimum absolute atomic E-state index is 0.267. The number of carbonyl (C=O) groups is 2. The summed E-state index contributed by atoms with van der Waals surface area (Å²) in [5.74, 6) is 0.447. The molecule has 4 rings (SSSR count). The number of para-hydroxylation sites is 2. The Morgan fingerprint density at radius 1 is 1.03 bits per heavy atom. The van der Waals surface area contributed by atoms with Gasteiger partial charge in [-0.15, -0.1) is 0 Å². The molecule has 8 heteroatoms. The molecule has 2 aromatic rings. The van der Waals surface area contributed by atoms with Crippen LogP contribution in [-0.2, 0) is 16.0 Å². The summed E-state index contributed by atoms with van der Waals surface area (Å²) in [6.07, 6.45) is 0.922. The molecule has 1 saturated heterocycles. The van der Waals surface area contributed by atoms with Gasteiger partial charge in [0.25, 0.3) is 0 Å². The average molecular weight is 479 g/mol. The molecule has 0 aliphatic carbocycles. The maximum Gasteiger partial charge on any atom is 0.338 e. The third-order valence-electron chi connectivity index (χ3n) is 6.55. The molecule has 0 spiro atoms. The Bertz CT molecular complexity index is 1070. The number of hydrogen-bond acceptors (Lipinski definition) is 6. The van der Waals surface area contributed by atoms with Crippen molar-refractivity contribution in [3.05, 3.63) is 70.9 Å². The van der Waals surface area contributed by atoms with Crippen molar-refractivity contribution in [2.24, 2.45) is 0 Å². The van der Waals surface area contributed by atoms with E-state index in [1.807, 2.05) is 42.5 Å². The number of rotatable bonds is 8. The van der Waals surface area contributed by atoms with Crippen molar-refractivity contribution in [2.45, 2.75) is 26.3 Å². The van der Waals surface area contributed by atoms with E-state index in [1.165, 1.54) is 5.56 Å². The van der Waals surface area contributed by atoms with Gasteiger partial charge in [0, 0.05) is 38.4 Å². The van der Waals surface area contributed by atoms with Gasteiger partial charge in [0.2, 0.25) is 0 Å². The number of piperazine rings is 1. The Morgan fingerprint density at radius 2 is 1.74 bits per heavy atom. The van der Waals surface area contributed by atoms with Crippen molar-refractivity contribution in [1.82, 2.24) is 15.5 Å². The molecule has 2 aliphatic rings. The molecule has 2 heterocycles. The summed E-state index contributed by atoms with van der Waals surface area (Å²) in [4.78, 5) is 30.2. The van der Waals surface area contributed by atoms with Gasteiger partial charge in [-0.25, -0.2) is 9.59 Å². The second-order valence-corrected chi connectivity index (χ2v) is 8.67. The molecular weight excluding hydrogens is 444 g/mol. The fraction of sp³-hybridized carbons (Fsp3) is 0.407. The Balaban J connectivity index is 1.55. The van der Waals surface area contributed by atoms with E-state index in [4.69, 9.17) is 9.47 Å². The molecule has 0 bridgehead atoms. The predicted octanol–water partition coefficient (Wildman–Crippen LogP) is 3.25. The summed E-state index contributed by atoms with van der Waals surface area (Å²) in [6, 6.07) is 15.1. The summed E-state index contributed by atoms with van der Waals surface area (Å²) in [7, 11) is 1.68. The van der Waals surface area contributed by atoms with Crippen LogP contribution in [0.25, 0.3) is 0 Å². The lowest BCUT2D eigenvalue weighted by Crippen LogP contribution is -2.51. The highest BCUT2D eigenvalue weighted by Crippen LogP contribution is 2.30. The quantitative estimate of drug-likeness (QED) is 0.567. The van der Waals surface area contributed by atoms with Crippen LogP contribution in [0.2, 0.25) is 0 Å². The summed E-state index contributed by atoms with van der Waals surface area (Å²) in [5, 5.41) is 5.81. The number of nitrogens with one attached hydrogen (secondary N) is 2. The van der Waals surface area contributed by atoms with Gasteiger partial charge in [-0.05, 0) is 36.6 Å². The van der Waals surface area contributed by atoms with E-state index >= 15 is 0 Å². The summed E-state index contributed by atoms with van der Waals surface area (Å²) in [6.45, 7) is 7.82. The standard InChI is InChI=1S/C27H34N4O4/c1-4-19-10-12-20(13-11-19)25-24(26(32)35-5-2)21(28-27(33)29-25)18-30-14-16-31(17-15-30)22-8-6-7-9-23(22)34-3/h6-13,25H,4-5,14-18H2,1-3H3,(H2,28,29,33)/t25-/m0/s1. The number of carbonyl (C=O) groups excluding carboxylic acids is 2. The van der Waals surface area contributed by atoms with Crippen LogP contribution in [0.3, 0.4) is 0 Å². The van der Waals surface area contributed by atoms with E-state index in [2.05, 4.69) is 33.4 Å². The molecule has 0 unspecified atom stereocenters. The van der Waals surface area contributed by atoms with Crippen LogP contribution < -0.4 is 20.3 Å². The first-order valence-corrected chi connectivity index (χ1v) is 12.2. The molecule has 186 valence electrons. The minimum Gasteiger partial charge on any atom is -0.495 e. The molecule has 2 aliphatic heterocycles. The fourth-order valence-electron chi connectivity index (χ4n) is 4.65. The van der Waals surface area contributed by atoms with Gasteiger partial charge in [-0.1, -0.05) is 43.3 Å². The third-order valence-corrected chi connectivity index (χ3v) is 6.55. The SMILES string of the molecule is CCOC(=O)C1=C(CN2CCN(c3ccccc3OC)CC2)NC(=O)N[C@H]1c1ccc(CC)cc1. The van der Waals surface area contributed by atoms with Crippen molar-refractivity contribution in [3.8, 4) is 5.75 Å². The topological polar surface area (TPSA) is 83.1 Å². The van der Waals surface area contributed by atoms with E-state index in [0.717, 1.165) is 49.6 Å². The molecule has 0 aromatic heterocycles. The van der Waals surface area contributed by atoms with Crippen molar-refractivity contribution >= 4 is 17.7 Å². The molecule has 0 radical (unpaired) electrons. The number of hydrogen-bond donors (Lipinski definition) is 2. The number of nitrogens with zero attached hydrogens (tertiary/aromatic N) is 2. The van der Waals surface area contributed by atoms with Crippen LogP contribution in [0.1, 0.15) is 31.0 Å². The lowest BCUT2D eigenvalue weighted by Gasteiger charge is -2.38.